The Labute approximate surface area is 147 Å². The number of hydrogen-bond acceptors (Lipinski definition) is 2. The van der Waals surface area contributed by atoms with Gasteiger partial charge in [0.05, 0.1) is 11.0 Å². The molecule has 1 atom stereocenters. The zero-order valence-electron chi connectivity index (χ0n) is 14.2. The van der Waals surface area contributed by atoms with Crippen molar-refractivity contribution in [1.82, 2.24) is 14.5 Å². The number of imidazole rings is 1. The van der Waals surface area contributed by atoms with Crippen LogP contribution in [0.3, 0.4) is 0 Å². The normalized spacial score (nSPS) is 18.4. The third-order valence-corrected chi connectivity index (χ3v) is 5.17. The first-order valence-electron chi connectivity index (χ1n) is 8.15. The van der Waals surface area contributed by atoms with Gasteiger partial charge in [-0.1, -0.05) is 37.1 Å². The van der Waals surface area contributed by atoms with Crippen LogP contribution < -0.4 is 0 Å². The number of hydrogen-bond donors (Lipinski definition) is 1. The van der Waals surface area contributed by atoms with Gasteiger partial charge >= 0.3 is 0 Å². The van der Waals surface area contributed by atoms with Crippen molar-refractivity contribution >= 4 is 34.9 Å². The number of benzene rings is 1. The highest BCUT2D eigenvalue weighted by atomic mass is 35.5. The molecule has 5 heteroatoms. The lowest BCUT2D eigenvalue weighted by atomic mass is 10.0. The Hall–Kier alpha value is -1.10. The first-order valence-corrected chi connectivity index (χ1v) is 8.93. The van der Waals surface area contributed by atoms with Crippen molar-refractivity contribution in [3.8, 4) is 0 Å². The summed E-state index contributed by atoms with van der Waals surface area (Å²) in [5, 5.41) is 0.765. The number of nitrogens with zero attached hydrogens (tertiary/aromatic N) is 2. The van der Waals surface area contributed by atoms with Crippen molar-refractivity contribution in [2.45, 2.75) is 46.8 Å². The predicted molar refractivity (Wildman–Crippen MR) is 101 cm³/mol. The largest absolute Gasteiger partial charge is 0.331 e. The molecule has 3 rings (SSSR count). The first kappa shape index (κ1) is 16.7. The molecule has 2 heterocycles. The maximum Gasteiger partial charge on any atom is 0.178 e. The Morgan fingerprint density at radius 3 is 2.83 bits per heavy atom. The number of H-pyrrole nitrogens is 1. The van der Waals surface area contributed by atoms with Crippen LogP contribution in [-0.4, -0.2) is 27.0 Å². The quantitative estimate of drug-likeness (QED) is 0.611. The molecule has 0 unspecified atom stereocenters. The fourth-order valence-corrected chi connectivity index (χ4v) is 3.94. The second-order valence-corrected chi connectivity index (χ2v) is 7.85. The summed E-state index contributed by atoms with van der Waals surface area (Å²) in [7, 11) is 0. The van der Waals surface area contributed by atoms with Crippen LogP contribution in [-0.2, 0) is 13.1 Å². The fourth-order valence-electron chi connectivity index (χ4n) is 3.42. The van der Waals surface area contributed by atoms with E-state index in [0.717, 1.165) is 34.9 Å². The van der Waals surface area contributed by atoms with Crippen LogP contribution in [0.25, 0.3) is 11.0 Å². The Morgan fingerprint density at radius 2 is 2.17 bits per heavy atom. The second-order valence-electron chi connectivity index (χ2n) is 7.02. The van der Waals surface area contributed by atoms with Crippen LogP contribution in [0.2, 0.25) is 5.02 Å². The van der Waals surface area contributed by atoms with E-state index in [2.05, 4.69) is 54.3 Å². The molecule has 124 valence electrons. The smallest absolute Gasteiger partial charge is 0.178 e. The highest BCUT2D eigenvalue weighted by Gasteiger charge is 2.27. The number of halogens is 1. The van der Waals surface area contributed by atoms with Gasteiger partial charge in [-0.15, -0.1) is 0 Å². The van der Waals surface area contributed by atoms with Crippen LogP contribution in [0.4, 0.5) is 0 Å². The monoisotopic (exact) mass is 349 g/mol. The molecule has 1 aromatic heterocycles. The highest BCUT2D eigenvalue weighted by molar-refractivity contribution is 7.71. The van der Waals surface area contributed by atoms with E-state index >= 15 is 0 Å². The van der Waals surface area contributed by atoms with Gasteiger partial charge in [-0.3, -0.25) is 4.90 Å². The molecule has 23 heavy (non-hydrogen) atoms. The van der Waals surface area contributed by atoms with Crippen LogP contribution in [0.1, 0.15) is 33.3 Å². The molecule has 3 nitrogen and oxygen atoms in total. The maximum atomic E-state index is 6.32. The summed E-state index contributed by atoms with van der Waals surface area (Å²) in [6.45, 7) is 11.7. The first-order chi connectivity index (χ1) is 10.9. The Balaban J connectivity index is 2.13. The lowest BCUT2D eigenvalue weighted by Gasteiger charge is -2.32. The van der Waals surface area contributed by atoms with Crippen LogP contribution >= 0.6 is 23.8 Å². The minimum Gasteiger partial charge on any atom is -0.331 e. The van der Waals surface area contributed by atoms with Gasteiger partial charge in [-0.25, -0.2) is 0 Å². The van der Waals surface area contributed by atoms with E-state index in [-0.39, 0.29) is 0 Å². The van der Waals surface area contributed by atoms with Gasteiger partial charge in [0.1, 0.15) is 0 Å². The van der Waals surface area contributed by atoms with Gasteiger partial charge in [-0.05, 0) is 49.7 Å². The molecular formula is C18H24ClN3S. The van der Waals surface area contributed by atoms with Crippen molar-refractivity contribution in [1.29, 1.82) is 0 Å². The molecular weight excluding hydrogens is 326 g/mol. The van der Waals surface area contributed by atoms with E-state index in [0.29, 0.717) is 12.0 Å². The van der Waals surface area contributed by atoms with E-state index in [9.17, 15) is 0 Å². The van der Waals surface area contributed by atoms with Gasteiger partial charge in [0.2, 0.25) is 0 Å². The van der Waals surface area contributed by atoms with Gasteiger partial charge < -0.3 is 9.55 Å². The minimum atomic E-state index is 0.447. The SMILES string of the molecule is CC(C)=CCN1Cc2cc(Cl)cc3[nH]c(=S)n(c23)C[C@@H]1C(C)C. The lowest BCUT2D eigenvalue weighted by Crippen LogP contribution is -2.40. The molecule has 1 aliphatic heterocycles. The standard InChI is InChI=1S/C18H24ClN3S/c1-11(2)5-6-21-9-13-7-14(19)8-15-17(13)22(18(23)20-15)10-16(21)12(3)4/h5,7-8,12,16H,6,9-10H2,1-4H3,(H,20,23)/t16-/m1/s1. The van der Waals surface area contributed by atoms with Crippen LogP contribution in [0.5, 0.6) is 0 Å². The van der Waals surface area contributed by atoms with Crippen molar-refractivity contribution in [3.63, 3.8) is 0 Å². The summed E-state index contributed by atoms with van der Waals surface area (Å²) in [6, 6.07) is 4.51. The van der Waals surface area contributed by atoms with E-state index in [1.54, 1.807) is 0 Å². The molecule has 0 amide bonds. The van der Waals surface area contributed by atoms with Crippen molar-refractivity contribution in [3.05, 3.63) is 39.1 Å². The summed E-state index contributed by atoms with van der Waals surface area (Å²) >= 11 is 11.9. The molecule has 0 saturated carbocycles. The number of aromatic amines is 1. The van der Waals surface area contributed by atoms with Gasteiger partial charge in [0.15, 0.2) is 4.77 Å². The second kappa shape index (κ2) is 6.42. The van der Waals surface area contributed by atoms with Gasteiger partial charge in [0.25, 0.3) is 0 Å². The molecule has 1 N–H and O–H groups in total. The summed E-state index contributed by atoms with van der Waals surface area (Å²) in [4.78, 5) is 5.86. The zero-order chi connectivity index (χ0) is 16.7. The van der Waals surface area contributed by atoms with Crippen molar-refractivity contribution in [2.75, 3.05) is 6.54 Å². The van der Waals surface area contributed by atoms with Gasteiger partial charge in [0, 0.05) is 30.7 Å². The topological polar surface area (TPSA) is 24.0 Å². The third-order valence-electron chi connectivity index (χ3n) is 4.63. The number of nitrogens with one attached hydrogen (secondary N) is 1. The van der Waals surface area contributed by atoms with E-state index in [1.165, 1.54) is 16.7 Å². The Kier molecular flexibility index (Phi) is 4.68. The molecule has 0 radical (unpaired) electrons. The summed E-state index contributed by atoms with van der Waals surface area (Å²) in [5.41, 5.74) is 4.86. The zero-order valence-corrected chi connectivity index (χ0v) is 15.8. The molecule has 0 fully saturated rings. The van der Waals surface area contributed by atoms with Crippen molar-refractivity contribution < 1.29 is 0 Å². The predicted octanol–water partition coefficient (Wildman–Crippen LogP) is 5.16. The summed E-state index contributed by atoms with van der Waals surface area (Å²) in [5.74, 6) is 0.553. The average Bonchev–Trinajstić information content (AvgIpc) is 2.65. The fraction of sp³-hybridized carbons (Fsp3) is 0.500. The Morgan fingerprint density at radius 1 is 1.43 bits per heavy atom. The molecule has 2 aromatic rings. The molecule has 0 saturated heterocycles. The van der Waals surface area contributed by atoms with Crippen LogP contribution in [0, 0.1) is 10.7 Å². The number of rotatable bonds is 3. The summed E-state index contributed by atoms with van der Waals surface area (Å²) in [6.07, 6.45) is 2.30. The third kappa shape index (κ3) is 3.25. The lowest BCUT2D eigenvalue weighted by molar-refractivity contribution is 0.151. The minimum absolute atomic E-state index is 0.447. The highest BCUT2D eigenvalue weighted by Crippen LogP contribution is 2.30. The van der Waals surface area contributed by atoms with E-state index in [1.807, 2.05) is 6.07 Å². The van der Waals surface area contributed by atoms with Crippen molar-refractivity contribution in [2.24, 2.45) is 5.92 Å². The number of allylic oxidation sites excluding steroid dienone is 1. The van der Waals surface area contributed by atoms with Crippen LogP contribution in [0.15, 0.2) is 23.8 Å². The van der Waals surface area contributed by atoms with Gasteiger partial charge in [-0.2, -0.15) is 0 Å². The van der Waals surface area contributed by atoms with E-state index < -0.39 is 0 Å². The molecule has 0 bridgehead atoms. The molecule has 1 aromatic carbocycles. The molecule has 1 aliphatic rings. The Bertz CT molecular complexity index is 812. The average molecular weight is 350 g/mol. The molecule has 0 aliphatic carbocycles. The summed E-state index contributed by atoms with van der Waals surface area (Å²) < 4.78 is 3.04. The van der Waals surface area contributed by atoms with E-state index in [4.69, 9.17) is 23.8 Å². The molecule has 0 spiro atoms. The number of aromatic nitrogens is 2. The maximum absolute atomic E-state index is 6.32.